The molecule has 0 saturated carbocycles. The van der Waals surface area contributed by atoms with Crippen LogP contribution in [0.25, 0.3) is 11.0 Å². The molecule has 0 radical (unpaired) electrons. The zero-order valence-electron chi connectivity index (χ0n) is 11.7. The van der Waals surface area contributed by atoms with Gasteiger partial charge in [0.25, 0.3) is 11.5 Å². The fraction of sp³-hybridized carbons (Fsp3) is 0.133. The molecule has 0 fully saturated rings. The van der Waals surface area contributed by atoms with Crippen LogP contribution in [0.2, 0.25) is 0 Å². The molecule has 106 valence electrons. The molecule has 1 aromatic carbocycles. The standard InChI is InChI=1S/C15H14N4O2/c1-8-5-9(2)18-14(20)13(8)15(21)19-10-3-4-11-12(6-10)17-7-16-11/h3-7H,1-2H3,(H,16,17)(H,18,20)(H,19,21). The summed E-state index contributed by atoms with van der Waals surface area (Å²) < 4.78 is 0. The highest BCUT2D eigenvalue weighted by Crippen LogP contribution is 2.16. The van der Waals surface area contributed by atoms with Gasteiger partial charge in [0.05, 0.1) is 17.4 Å². The molecule has 0 unspecified atom stereocenters. The van der Waals surface area contributed by atoms with Crippen molar-refractivity contribution in [1.29, 1.82) is 0 Å². The molecule has 0 saturated heterocycles. The number of imidazole rings is 1. The Hall–Kier alpha value is -2.89. The van der Waals surface area contributed by atoms with E-state index in [4.69, 9.17) is 0 Å². The number of anilines is 1. The molecule has 0 aliphatic rings. The summed E-state index contributed by atoms with van der Waals surface area (Å²) in [5.74, 6) is -0.424. The van der Waals surface area contributed by atoms with Crippen molar-refractivity contribution in [2.45, 2.75) is 13.8 Å². The molecule has 1 amide bonds. The van der Waals surface area contributed by atoms with Crippen molar-refractivity contribution < 1.29 is 4.79 Å². The van der Waals surface area contributed by atoms with Crippen LogP contribution in [0, 0.1) is 13.8 Å². The second-order valence-corrected chi connectivity index (χ2v) is 4.93. The number of aryl methyl sites for hydroxylation is 2. The molecule has 2 heterocycles. The van der Waals surface area contributed by atoms with Crippen LogP contribution < -0.4 is 10.9 Å². The van der Waals surface area contributed by atoms with Gasteiger partial charge in [0.2, 0.25) is 0 Å². The Morgan fingerprint density at radius 2 is 2.05 bits per heavy atom. The lowest BCUT2D eigenvalue weighted by atomic mass is 10.1. The van der Waals surface area contributed by atoms with Crippen molar-refractivity contribution in [2.24, 2.45) is 0 Å². The number of rotatable bonds is 2. The van der Waals surface area contributed by atoms with Gasteiger partial charge in [0.1, 0.15) is 5.56 Å². The number of carbonyl (C=O) groups excluding carboxylic acids is 1. The number of carbonyl (C=O) groups is 1. The van der Waals surface area contributed by atoms with E-state index in [1.807, 2.05) is 0 Å². The minimum Gasteiger partial charge on any atom is -0.345 e. The van der Waals surface area contributed by atoms with Crippen molar-refractivity contribution >= 4 is 22.6 Å². The lowest BCUT2D eigenvalue weighted by Crippen LogP contribution is -2.25. The van der Waals surface area contributed by atoms with E-state index in [-0.39, 0.29) is 11.1 Å². The third kappa shape index (κ3) is 2.43. The van der Waals surface area contributed by atoms with Crippen molar-refractivity contribution in [2.75, 3.05) is 5.32 Å². The summed E-state index contributed by atoms with van der Waals surface area (Å²) in [7, 11) is 0. The van der Waals surface area contributed by atoms with Crippen LogP contribution in [-0.2, 0) is 0 Å². The van der Waals surface area contributed by atoms with Gasteiger partial charge in [-0.2, -0.15) is 0 Å². The number of fused-ring (bicyclic) bond motifs is 1. The molecule has 6 nitrogen and oxygen atoms in total. The van der Waals surface area contributed by atoms with Gasteiger partial charge >= 0.3 is 0 Å². The van der Waals surface area contributed by atoms with E-state index in [9.17, 15) is 9.59 Å². The number of hydrogen-bond donors (Lipinski definition) is 3. The minimum atomic E-state index is -0.424. The number of hydrogen-bond acceptors (Lipinski definition) is 3. The third-order valence-electron chi connectivity index (χ3n) is 3.27. The number of benzene rings is 1. The lowest BCUT2D eigenvalue weighted by molar-refractivity contribution is 0.102. The van der Waals surface area contributed by atoms with Gasteiger partial charge < -0.3 is 15.3 Å². The molecule has 0 spiro atoms. The van der Waals surface area contributed by atoms with E-state index in [2.05, 4.69) is 20.3 Å². The van der Waals surface area contributed by atoms with Crippen molar-refractivity contribution in [3.8, 4) is 0 Å². The molecule has 2 aromatic heterocycles. The molecule has 6 heteroatoms. The molecule has 0 aliphatic heterocycles. The van der Waals surface area contributed by atoms with Crippen LogP contribution in [0.5, 0.6) is 0 Å². The third-order valence-corrected chi connectivity index (χ3v) is 3.27. The van der Waals surface area contributed by atoms with Crippen molar-refractivity contribution in [3.63, 3.8) is 0 Å². The van der Waals surface area contributed by atoms with Crippen LogP contribution in [-0.4, -0.2) is 20.9 Å². The molecule has 3 aromatic rings. The van der Waals surface area contributed by atoms with E-state index in [0.717, 1.165) is 16.7 Å². The fourth-order valence-electron chi connectivity index (χ4n) is 2.34. The van der Waals surface area contributed by atoms with E-state index < -0.39 is 5.91 Å². The quantitative estimate of drug-likeness (QED) is 0.672. The number of pyridine rings is 1. The Balaban J connectivity index is 1.94. The number of nitrogens with one attached hydrogen (secondary N) is 3. The van der Waals surface area contributed by atoms with Crippen LogP contribution in [0.4, 0.5) is 5.69 Å². The maximum Gasteiger partial charge on any atom is 0.261 e. The first-order valence-electron chi connectivity index (χ1n) is 6.49. The molecule has 3 N–H and O–H groups in total. The van der Waals surface area contributed by atoms with Gasteiger partial charge in [-0.3, -0.25) is 9.59 Å². The Labute approximate surface area is 120 Å². The Morgan fingerprint density at radius 1 is 1.24 bits per heavy atom. The van der Waals surface area contributed by atoms with Gasteiger partial charge in [-0.25, -0.2) is 4.98 Å². The highest BCUT2D eigenvalue weighted by atomic mass is 16.2. The second kappa shape index (κ2) is 4.90. The molecular formula is C15H14N4O2. The van der Waals surface area contributed by atoms with E-state index in [1.54, 1.807) is 44.4 Å². The molecular weight excluding hydrogens is 268 g/mol. The van der Waals surface area contributed by atoms with Gasteiger partial charge in [-0.15, -0.1) is 0 Å². The number of aromatic nitrogens is 3. The van der Waals surface area contributed by atoms with Crippen LogP contribution in [0.3, 0.4) is 0 Å². The first kappa shape index (κ1) is 13.1. The fourth-order valence-corrected chi connectivity index (χ4v) is 2.34. The van der Waals surface area contributed by atoms with Crippen molar-refractivity contribution in [1.82, 2.24) is 15.0 Å². The maximum atomic E-state index is 12.3. The van der Waals surface area contributed by atoms with Crippen LogP contribution in [0.15, 0.2) is 35.4 Å². The first-order valence-corrected chi connectivity index (χ1v) is 6.49. The monoisotopic (exact) mass is 282 g/mol. The van der Waals surface area contributed by atoms with E-state index in [1.165, 1.54) is 0 Å². The lowest BCUT2D eigenvalue weighted by Gasteiger charge is -2.07. The summed E-state index contributed by atoms with van der Waals surface area (Å²) in [6.07, 6.45) is 1.59. The van der Waals surface area contributed by atoms with Crippen molar-refractivity contribution in [3.05, 3.63) is 57.8 Å². The van der Waals surface area contributed by atoms with E-state index in [0.29, 0.717) is 11.3 Å². The predicted molar refractivity (Wildman–Crippen MR) is 80.6 cm³/mol. The number of amides is 1. The number of aromatic amines is 2. The van der Waals surface area contributed by atoms with Gasteiger partial charge in [0.15, 0.2) is 0 Å². The smallest absolute Gasteiger partial charge is 0.261 e. The average molecular weight is 282 g/mol. The largest absolute Gasteiger partial charge is 0.345 e. The van der Waals surface area contributed by atoms with Crippen LogP contribution in [0.1, 0.15) is 21.6 Å². The molecule has 21 heavy (non-hydrogen) atoms. The molecule has 0 bridgehead atoms. The summed E-state index contributed by atoms with van der Waals surface area (Å²) in [6, 6.07) is 7.10. The predicted octanol–water partition coefficient (Wildman–Crippen LogP) is 2.12. The van der Waals surface area contributed by atoms with Gasteiger partial charge in [-0.05, 0) is 43.7 Å². The highest BCUT2D eigenvalue weighted by molar-refractivity contribution is 6.05. The number of H-pyrrole nitrogens is 2. The van der Waals surface area contributed by atoms with Gasteiger partial charge in [0, 0.05) is 11.4 Å². The van der Waals surface area contributed by atoms with E-state index >= 15 is 0 Å². The first-order chi connectivity index (χ1) is 10.0. The average Bonchev–Trinajstić information content (AvgIpc) is 2.84. The second-order valence-electron chi connectivity index (χ2n) is 4.93. The Bertz CT molecular complexity index is 892. The highest BCUT2D eigenvalue weighted by Gasteiger charge is 2.14. The summed E-state index contributed by atoms with van der Waals surface area (Å²) in [5.41, 5.74) is 3.37. The molecule has 0 aliphatic carbocycles. The Morgan fingerprint density at radius 3 is 2.81 bits per heavy atom. The molecule has 0 atom stereocenters. The SMILES string of the molecule is Cc1cc(C)c(C(=O)Nc2ccc3nc[nH]c3c2)c(=O)[nH]1. The summed E-state index contributed by atoms with van der Waals surface area (Å²) in [6.45, 7) is 3.53. The summed E-state index contributed by atoms with van der Waals surface area (Å²) in [4.78, 5) is 33.9. The minimum absolute atomic E-state index is 0.130. The van der Waals surface area contributed by atoms with Crippen LogP contribution >= 0.6 is 0 Å². The zero-order chi connectivity index (χ0) is 15.0. The Kier molecular flexibility index (Phi) is 3.06. The summed E-state index contributed by atoms with van der Waals surface area (Å²) >= 11 is 0. The molecule has 3 rings (SSSR count). The maximum absolute atomic E-state index is 12.3. The summed E-state index contributed by atoms with van der Waals surface area (Å²) in [5, 5.41) is 2.73. The van der Waals surface area contributed by atoms with Gasteiger partial charge in [-0.1, -0.05) is 0 Å². The topological polar surface area (TPSA) is 90.6 Å². The zero-order valence-corrected chi connectivity index (χ0v) is 11.7. The number of nitrogens with zero attached hydrogens (tertiary/aromatic N) is 1. The normalized spacial score (nSPS) is 10.8.